The van der Waals surface area contributed by atoms with Gasteiger partial charge in [0.25, 0.3) is 0 Å². The second-order valence-corrected chi connectivity index (χ2v) is 3.79. The van der Waals surface area contributed by atoms with Crippen LogP contribution in [0.15, 0.2) is 23.8 Å². The van der Waals surface area contributed by atoms with Crippen LogP contribution in [0.5, 0.6) is 0 Å². The topological polar surface area (TPSA) is 0 Å². The van der Waals surface area contributed by atoms with E-state index >= 15 is 0 Å². The first-order chi connectivity index (χ1) is 5.85. The number of allylic oxidation sites excluding steroid dienone is 4. The van der Waals surface area contributed by atoms with E-state index in [1.165, 1.54) is 19.1 Å². The van der Waals surface area contributed by atoms with Gasteiger partial charge < -0.3 is 0 Å². The Morgan fingerprint density at radius 2 is 2.00 bits per heavy atom. The molecule has 0 amide bonds. The summed E-state index contributed by atoms with van der Waals surface area (Å²) in [5.74, 6) is 0. The van der Waals surface area contributed by atoms with Crippen molar-refractivity contribution in [2.75, 3.05) is 0 Å². The summed E-state index contributed by atoms with van der Waals surface area (Å²) in [6, 6.07) is 0. The minimum Gasteiger partial charge on any atom is -0.170 e. The fraction of sp³-hybridized carbons (Fsp3) is 0.600. The van der Waals surface area contributed by atoms with Gasteiger partial charge in [0.2, 0.25) is 0 Å². The van der Waals surface area contributed by atoms with Gasteiger partial charge in [0.15, 0.2) is 0 Å². The third kappa shape index (κ3) is 2.14. The van der Waals surface area contributed by atoms with Crippen LogP contribution >= 0.6 is 0 Å². The molecule has 0 N–H and O–H groups in total. The molecular formula is C10H13F3. The average Bonchev–Trinajstić information content (AvgIpc) is 2.13. The smallest absolute Gasteiger partial charge is 0.170 e. The Balaban J connectivity index is 2.86. The van der Waals surface area contributed by atoms with Gasteiger partial charge in [-0.2, -0.15) is 13.2 Å². The monoisotopic (exact) mass is 190 g/mol. The van der Waals surface area contributed by atoms with Crippen molar-refractivity contribution in [2.24, 2.45) is 5.41 Å². The van der Waals surface area contributed by atoms with Crippen LogP contribution < -0.4 is 0 Å². The van der Waals surface area contributed by atoms with Gasteiger partial charge in [-0.15, -0.1) is 0 Å². The Morgan fingerprint density at radius 3 is 2.54 bits per heavy atom. The van der Waals surface area contributed by atoms with Gasteiger partial charge in [-0.05, 0) is 26.7 Å². The standard InChI is InChI=1S/C10H13F3/c1-8-4-3-6-9(2,7-5-8)10(11,12)13/h3-4,6H,5,7H2,1-2H3. The molecule has 0 aliphatic heterocycles. The van der Waals surface area contributed by atoms with E-state index in [4.69, 9.17) is 0 Å². The molecule has 0 aromatic rings. The van der Waals surface area contributed by atoms with Crippen molar-refractivity contribution in [1.82, 2.24) is 0 Å². The zero-order chi connectivity index (χ0) is 10.1. The molecule has 0 saturated heterocycles. The molecule has 1 unspecified atom stereocenters. The van der Waals surface area contributed by atoms with E-state index in [1.807, 2.05) is 6.92 Å². The molecular weight excluding hydrogens is 177 g/mol. The van der Waals surface area contributed by atoms with E-state index in [-0.39, 0.29) is 6.42 Å². The number of halogens is 3. The van der Waals surface area contributed by atoms with Crippen LogP contribution in [0.25, 0.3) is 0 Å². The van der Waals surface area contributed by atoms with Crippen molar-refractivity contribution >= 4 is 0 Å². The Labute approximate surface area is 76.1 Å². The Hall–Kier alpha value is -0.730. The average molecular weight is 190 g/mol. The molecule has 13 heavy (non-hydrogen) atoms. The van der Waals surface area contributed by atoms with E-state index < -0.39 is 11.6 Å². The highest BCUT2D eigenvalue weighted by Gasteiger charge is 2.48. The van der Waals surface area contributed by atoms with E-state index in [2.05, 4.69) is 0 Å². The fourth-order valence-corrected chi connectivity index (χ4v) is 1.28. The molecule has 0 aromatic carbocycles. The van der Waals surface area contributed by atoms with Crippen molar-refractivity contribution in [3.8, 4) is 0 Å². The number of rotatable bonds is 0. The molecule has 1 atom stereocenters. The summed E-state index contributed by atoms with van der Waals surface area (Å²) < 4.78 is 37.7. The zero-order valence-corrected chi connectivity index (χ0v) is 7.78. The summed E-state index contributed by atoms with van der Waals surface area (Å²) in [6.45, 7) is 3.10. The second-order valence-electron chi connectivity index (χ2n) is 3.79. The normalized spacial score (nSPS) is 29.8. The lowest BCUT2D eigenvalue weighted by atomic mass is 9.84. The largest absolute Gasteiger partial charge is 0.397 e. The van der Waals surface area contributed by atoms with Crippen LogP contribution in [0.1, 0.15) is 26.7 Å². The zero-order valence-electron chi connectivity index (χ0n) is 7.78. The number of hydrogen-bond donors (Lipinski definition) is 0. The maximum Gasteiger partial charge on any atom is 0.397 e. The van der Waals surface area contributed by atoms with Crippen molar-refractivity contribution in [3.63, 3.8) is 0 Å². The first-order valence-electron chi connectivity index (χ1n) is 4.27. The highest BCUT2D eigenvalue weighted by molar-refractivity contribution is 5.18. The Bertz CT molecular complexity index is 247. The lowest BCUT2D eigenvalue weighted by molar-refractivity contribution is -0.201. The Kier molecular flexibility index (Phi) is 2.55. The van der Waals surface area contributed by atoms with Crippen LogP contribution in [0.3, 0.4) is 0 Å². The highest BCUT2D eigenvalue weighted by Crippen LogP contribution is 2.44. The minimum absolute atomic E-state index is 0.148. The molecule has 0 nitrogen and oxygen atoms in total. The predicted octanol–water partition coefficient (Wildman–Crippen LogP) is 3.85. The van der Waals surface area contributed by atoms with Gasteiger partial charge in [0.1, 0.15) is 0 Å². The molecule has 1 rings (SSSR count). The molecule has 1 aliphatic rings. The molecule has 0 bridgehead atoms. The lowest BCUT2D eigenvalue weighted by Crippen LogP contribution is -2.32. The van der Waals surface area contributed by atoms with Crippen LogP contribution in [0.2, 0.25) is 0 Å². The summed E-state index contributed by atoms with van der Waals surface area (Å²) in [5, 5.41) is 0. The molecule has 0 heterocycles. The van der Waals surface area contributed by atoms with Gasteiger partial charge >= 0.3 is 6.18 Å². The van der Waals surface area contributed by atoms with Crippen molar-refractivity contribution in [2.45, 2.75) is 32.9 Å². The first-order valence-corrected chi connectivity index (χ1v) is 4.27. The van der Waals surface area contributed by atoms with Crippen LogP contribution in [-0.4, -0.2) is 6.18 Å². The summed E-state index contributed by atoms with van der Waals surface area (Å²) in [7, 11) is 0. The Morgan fingerprint density at radius 1 is 1.38 bits per heavy atom. The van der Waals surface area contributed by atoms with Gasteiger partial charge in [-0.25, -0.2) is 0 Å². The van der Waals surface area contributed by atoms with Crippen molar-refractivity contribution in [3.05, 3.63) is 23.8 Å². The summed E-state index contributed by atoms with van der Waals surface area (Å²) in [6.07, 6.45) is 1.04. The second kappa shape index (κ2) is 3.20. The first kappa shape index (κ1) is 10.4. The number of hydrogen-bond acceptors (Lipinski definition) is 0. The van der Waals surface area contributed by atoms with Crippen LogP contribution in [0, 0.1) is 5.41 Å². The van der Waals surface area contributed by atoms with Gasteiger partial charge in [-0.3, -0.25) is 0 Å². The highest BCUT2D eigenvalue weighted by atomic mass is 19.4. The lowest BCUT2D eigenvalue weighted by Gasteiger charge is -2.28. The molecule has 0 radical (unpaired) electrons. The molecule has 0 saturated carbocycles. The summed E-state index contributed by atoms with van der Waals surface area (Å²) in [4.78, 5) is 0. The van der Waals surface area contributed by atoms with E-state index in [1.54, 1.807) is 6.08 Å². The summed E-state index contributed by atoms with van der Waals surface area (Å²) >= 11 is 0. The maximum absolute atomic E-state index is 12.6. The molecule has 1 aliphatic carbocycles. The fourth-order valence-electron chi connectivity index (χ4n) is 1.28. The van der Waals surface area contributed by atoms with Crippen molar-refractivity contribution < 1.29 is 13.2 Å². The van der Waals surface area contributed by atoms with E-state index in [0.717, 1.165) is 5.57 Å². The molecule has 74 valence electrons. The van der Waals surface area contributed by atoms with Gasteiger partial charge in [0.05, 0.1) is 5.41 Å². The minimum atomic E-state index is -4.14. The van der Waals surface area contributed by atoms with Crippen LogP contribution in [-0.2, 0) is 0 Å². The molecule has 0 spiro atoms. The quantitative estimate of drug-likeness (QED) is 0.544. The van der Waals surface area contributed by atoms with E-state index in [9.17, 15) is 13.2 Å². The SMILES string of the molecule is CC1=CC=CC(C)(C(F)(F)F)CC1. The van der Waals surface area contributed by atoms with E-state index in [0.29, 0.717) is 6.42 Å². The van der Waals surface area contributed by atoms with Crippen LogP contribution in [0.4, 0.5) is 13.2 Å². The van der Waals surface area contributed by atoms with Gasteiger partial charge in [0, 0.05) is 0 Å². The maximum atomic E-state index is 12.6. The molecule has 0 aromatic heterocycles. The van der Waals surface area contributed by atoms with Gasteiger partial charge in [-0.1, -0.05) is 23.8 Å². The molecule has 3 heteroatoms. The summed E-state index contributed by atoms with van der Waals surface area (Å²) in [5.41, 5.74) is -0.648. The number of alkyl halides is 3. The third-order valence-corrected chi connectivity index (χ3v) is 2.53. The molecule has 0 fully saturated rings. The van der Waals surface area contributed by atoms with Crippen molar-refractivity contribution in [1.29, 1.82) is 0 Å². The predicted molar refractivity (Wildman–Crippen MR) is 46.3 cm³/mol. The third-order valence-electron chi connectivity index (χ3n) is 2.53.